The standard InChI is InChI=1S/C19H20ClFN4O2/c20-16-3-1-2-4-17(16)23-18(26)13-24-9-11-25(12-10-24)19(27)22-15-7-5-14(21)6-8-15/h1-8H,9-13H2,(H,22,27)(H,23,26). The topological polar surface area (TPSA) is 64.7 Å². The Kier molecular flexibility index (Phi) is 6.26. The lowest BCUT2D eigenvalue weighted by molar-refractivity contribution is -0.117. The number of piperazine rings is 1. The highest BCUT2D eigenvalue weighted by molar-refractivity contribution is 6.33. The Morgan fingerprint density at radius 2 is 1.63 bits per heavy atom. The summed E-state index contributed by atoms with van der Waals surface area (Å²) in [5.74, 6) is -0.496. The van der Waals surface area contributed by atoms with Gasteiger partial charge in [0.15, 0.2) is 0 Å². The fraction of sp³-hybridized carbons (Fsp3) is 0.263. The molecule has 142 valence electrons. The number of hydrogen-bond donors (Lipinski definition) is 2. The van der Waals surface area contributed by atoms with E-state index in [9.17, 15) is 14.0 Å². The first-order valence-electron chi connectivity index (χ1n) is 8.59. The number of para-hydroxylation sites is 1. The summed E-state index contributed by atoms with van der Waals surface area (Å²) in [6.45, 7) is 2.43. The molecule has 1 heterocycles. The van der Waals surface area contributed by atoms with Gasteiger partial charge in [0.1, 0.15) is 5.82 Å². The number of carbonyl (C=O) groups is 2. The largest absolute Gasteiger partial charge is 0.324 e. The van der Waals surface area contributed by atoms with E-state index >= 15 is 0 Å². The number of hydrogen-bond acceptors (Lipinski definition) is 3. The SMILES string of the molecule is O=C(CN1CCN(C(=O)Nc2ccc(F)cc2)CC1)Nc1ccccc1Cl. The van der Waals surface area contributed by atoms with Crippen molar-refractivity contribution in [2.45, 2.75) is 0 Å². The van der Waals surface area contributed by atoms with Crippen molar-refractivity contribution in [3.8, 4) is 0 Å². The van der Waals surface area contributed by atoms with E-state index in [4.69, 9.17) is 11.6 Å². The summed E-state index contributed by atoms with van der Waals surface area (Å²) >= 11 is 6.04. The summed E-state index contributed by atoms with van der Waals surface area (Å²) in [7, 11) is 0. The lowest BCUT2D eigenvalue weighted by atomic mass is 10.3. The van der Waals surface area contributed by atoms with Crippen molar-refractivity contribution < 1.29 is 14.0 Å². The van der Waals surface area contributed by atoms with Crippen LogP contribution in [0.5, 0.6) is 0 Å². The number of rotatable bonds is 4. The van der Waals surface area contributed by atoms with Crippen LogP contribution in [0.1, 0.15) is 0 Å². The maximum absolute atomic E-state index is 12.9. The van der Waals surface area contributed by atoms with Crippen molar-refractivity contribution in [2.75, 3.05) is 43.4 Å². The third kappa shape index (κ3) is 5.42. The molecule has 1 aliphatic heterocycles. The van der Waals surface area contributed by atoms with E-state index in [-0.39, 0.29) is 24.3 Å². The normalized spacial score (nSPS) is 14.7. The lowest BCUT2D eigenvalue weighted by Crippen LogP contribution is -2.51. The molecule has 2 aromatic rings. The molecule has 27 heavy (non-hydrogen) atoms. The third-order valence-electron chi connectivity index (χ3n) is 4.27. The van der Waals surface area contributed by atoms with E-state index in [2.05, 4.69) is 10.6 Å². The van der Waals surface area contributed by atoms with E-state index in [0.717, 1.165) is 0 Å². The second-order valence-corrected chi connectivity index (χ2v) is 6.64. The minimum absolute atomic E-state index is 0.146. The zero-order valence-corrected chi connectivity index (χ0v) is 15.4. The molecule has 0 aliphatic carbocycles. The quantitative estimate of drug-likeness (QED) is 0.842. The van der Waals surface area contributed by atoms with Crippen LogP contribution in [0.25, 0.3) is 0 Å². The average molecular weight is 391 g/mol. The first kappa shape index (κ1) is 19.1. The van der Waals surface area contributed by atoms with Gasteiger partial charge < -0.3 is 15.5 Å². The highest BCUT2D eigenvalue weighted by atomic mass is 35.5. The third-order valence-corrected chi connectivity index (χ3v) is 4.60. The van der Waals surface area contributed by atoms with Gasteiger partial charge in [0.2, 0.25) is 5.91 Å². The molecule has 0 radical (unpaired) electrons. The van der Waals surface area contributed by atoms with Crippen molar-refractivity contribution in [1.29, 1.82) is 0 Å². The van der Waals surface area contributed by atoms with Crippen LogP contribution in [-0.4, -0.2) is 54.5 Å². The summed E-state index contributed by atoms with van der Waals surface area (Å²) in [5.41, 5.74) is 1.13. The number of halogens is 2. The second kappa shape index (κ2) is 8.83. The predicted octanol–water partition coefficient (Wildman–Crippen LogP) is 3.27. The van der Waals surface area contributed by atoms with Gasteiger partial charge in [-0.25, -0.2) is 9.18 Å². The zero-order valence-electron chi connectivity index (χ0n) is 14.6. The zero-order chi connectivity index (χ0) is 19.2. The van der Waals surface area contributed by atoms with Crippen molar-refractivity contribution in [3.05, 3.63) is 59.4 Å². The molecule has 0 aromatic heterocycles. The summed E-state index contributed by atoms with van der Waals surface area (Å²) < 4.78 is 12.9. The van der Waals surface area contributed by atoms with E-state index in [0.29, 0.717) is 42.6 Å². The second-order valence-electron chi connectivity index (χ2n) is 6.23. The Morgan fingerprint density at radius 1 is 0.963 bits per heavy atom. The van der Waals surface area contributed by atoms with Crippen LogP contribution in [0, 0.1) is 5.82 Å². The minimum Gasteiger partial charge on any atom is -0.324 e. The Balaban J connectivity index is 1.44. The predicted molar refractivity (Wildman–Crippen MR) is 104 cm³/mol. The van der Waals surface area contributed by atoms with Crippen LogP contribution in [0.3, 0.4) is 0 Å². The number of nitrogens with one attached hydrogen (secondary N) is 2. The minimum atomic E-state index is -0.350. The molecule has 3 rings (SSSR count). The fourth-order valence-electron chi connectivity index (χ4n) is 2.80. The Morgan fingerprint density at radius 3 is 2.30 bits per heavy atom. The van der Waals surface area contributed by atoms with E-state index in [1.165, 1.54) is 24.3 Å². The number of amides is 3. The van der Waals surface area contributed by atoms with Gasteiger partial charge >= 0.3 is 6.03 Å². The molecular weight excluding hydrogens is 371 g/mol. The smallest absolute Gasteiger partial charge is 0.321 e. The van der Waals surface area contributed by atoms with E-state index < -0.39 is 0 Å². The summed E-state index contributed by atoms with van der Waals surface area (Å²) in [6, 6.07) is 12.5. The summed E-state index contributed by atoms with van der Waals surface area (Å²) in [4.78, 5) is 28.1. The van der Waals surface area contributed by atoms with Crippen molar-refractivity contribution >= 4 is 34.9 Å². The van der Waals surface area contributed by atoms with Crippen LogP contribution in [0.2, 0.25) is 5.02 Å². The van der Waals surface area contributed by atoms with Gasteiger partial charge in [0.05, 0.1) is 17.3 Å². The number of nitrogens with zero attached hydrogens (tertiary/aromatic N) is 2. The number of anilines is 2. The number of carbonyl (C=O) groups excluding carboxylic acids is 2. The van der Waals surface area contributed by atoms with Crippen LogP contribution in [0.4, 0.5) is 20.6 Å². The average Bonchev–Trinajstić information content (AvgIpc) is 2.66. The number of benzene rings is 2. The van der Waals surface area contributed by atoms with Crippen LogP contribution >= 0.6 is 11.6 Å². The Hall–Kier alpha value is -2.64. The molecule has 1 saturated heterocycles. The highest BCUT2D eigenvalue weighted by Crippen LogP contribution is 2.20. The molecule has 1 fully saturated rings. The molecule has 0 atom stereocenters. The van der Waals surface area contributed by atoms with Gasteiger partial charge in [-0.2, -0.15) is 0 Å². The molecule has 0 spiro atoms. The van der Waals surface area contributed by atoms with E-state index in [1.54, 1.807) is 29.2 Å². The molecule has 6 nitrogen and oxygen atoms in total. The first-order valence-corrected chi connectivity index (χ1v) is 8.97. The highest BCUT2D eigenvalue weighted by Gasteiger charge is 2.22. The molecule has 1 aliphatic rings. The molecule has 2 aromatic carbocycles. The maximum atomic E-state index is 12.9. The van der Waals surface area contributed by atoms with E-state index in [1.807, 2.05) is 4.90 Å². The lowest BCUT2D eigenvalue weighted by Gasteiger charge is -2.34. The summed E-state index contributed by atoms with van der Waals surface area (Å²) in [5, 5.41) is 6.03. The molecule has 3 amide bonds. The van der Waals surface area contributed by atoms with Gasteiger partial charge in [-0.3, -0.25) is 9.69 Å². The summed E-state index contributed by atoms with van der Waals surface area (Å²) in [6.07, 6.45) is 0. The number of urea groups is 1. The Bertz CT molecular complexity index is 808. The maximum Gasteiger partial charge on any atom is 0.321 e. The fourth-order valence-corrected chi connectivity index (χ4v) is 2.98. The van der Waals surface area contributed by atoms with Gasteiger partial charge in [-0.15, -0.1) is 0 Å². The molecule has 8 heteroatoms. The first-order chi connectivity index (χ1) is 13.0. The van der Waals surface area contributed by atoms with Crippen LogP contribution in [0.15, 0.2) is 48.5 Å². The molecule has 0 saturated carbocycles. The van der Waals surface area contributed by atoms with Crippen LogP contribution in [-0.2, 0) is 4.79 Å². The monoisotopic (exact) mass is 390 g/mol. The van der Waals surface area contributed by atoms with Crippen molar-refractivity contribution in [1.82, 2.24) is 9.80 Å². The van der Waals surface area contributed by atoms with Gasteiger partial charge in [-0.1, -0.05) is 23.7 Å². The van der Waals surface area contributed by atoms with Crippen molar-refractivity contribution in [2.24, 2.45) is 0 Å². The molecule has 2 N–H and O–H groups in total. The van der Waals surface area contributed by atoms with Crippen LogP contribution < -0.4 is 10.6 Å². The van der Waals surface area contributed by atoms with Gasteiger partial charge in [0.25, 0.3) is 0 Å². The molecule has 0 unspecified atom stereocenters. The molecular formula is C19H20ClFN4O2. The molecule has 0 bridgehead atoms. The van der Waals surface area contributed by atoms with Gasteiger partial charge in [0, 0.05) is 31.9 Å². The Labute approximate surface area is 161 Å². The van der Waals surface area contributed by atoms with Gasteiger partial charge in [-0.05, 0) is 36.4 Å². The van der Waals surface area contributed by atoms with Crippen molar-refractivity contribution in [3.63, 3.8) is 0 Å².